The summed E-state index contributed by atoms with van der Waals surface area (Å²) in [6.45, 7) is 4.94. The zero-order valence-electron chi connectivity index (χ0n) is 50.1. The Morgan fingerprint density at radius 1 is 0.378 bits per heavy atom. The van der Waals surface area contributed by atoms with Gasteiger partial charge in [0.05, 0.1) is 25.4 Å². The first kappa shape index (κ1) is 72.3. The number of rotatable bonds is 63. The molecular formula is C68H131NO5. The molecule has 0 aromatic heterocycles. The molecule has 438 valence electrons. The monoisotopic (exact) mass is 1040 g/mol. The van der Waals surface area contributed by atoms with Gasteiger partial charge in [-0.3, -0.25) is 9.59 Å². The lowest BCUT2D eigenvalue weighted by Crippen LogP contribution is -2.45. The molecule has 0 aromatic carbocycles. The van der Waals surface area contributed by atoms with Crippen molar-refractivity contribution < 1.29 is 24.5 Å². The van der Waals surface area contributed by atoms with Crippen LogP contribution in [0.2, 0.25) is 0 Å². The van der Waals surface area contributed by atoms with Crippen molar-refractivity contribution in [2.24, 2.45) is 0 Å². The lowest BCUT2D eigenvalue weighted by molar-refractivity contribution is -0.143. The van der Waals surface area contributed by atoms with Gasteiger partial charge in [-0.1, -0.05) is 327 Å². The van der Waals surface area contributed by atoms with Gasteiger partial charge in [0.1, 0.15) is 0 Å². The van der Waals surface area contributed by atoms with Crippen LogP contribution in [-0.4, -0.2) is 47.4 Å². The Labute approximate surface area is 462 Å². The Hall–Kier alpha value is -1.66. The molecule has 1 amide bonds. The smallest absolute Gasteiger partial charge is 0.305 e. The maximum Gasteiger partial charge on any atom is 0.305 e. The number of esters is 1. The molecule has 74 heavy (non-hydrogen) atoms. The summed E-state index contributed by atoms with van der Waals surface area (Å²) in [4.78, 5) is 24.5. The van der Waals surface area contributed by atoms with Gasteiger partial charge in [0.25, 0.3) is 0 Å². The van der Waals surface area contributed by atoms with E-state index in [9.17, 15) is 19.8 Å². The van der Waals surface area contributed by atoms with E-state index < -0.39 is 12.1 Å². The average molecular weight is 1040 g/mol. The Morgan fingerprint density at radius 3 is 1.05 bits per heavy atom. The van der Waals surface area contributed by atoms with Gasteiger partial charge in [0, 0.05) is 12.8 Å². The third-order valence-corrected chi connectivity index (χ3v) is 15.8. The minimum Gasteiger partial charge on any atom is -0.466 e. The van der Waals surface area contributed by atoms with Crippen molar-refractivity contribution >= 4 is 11.9 Å². The van der Waals surface area contributed by atoms with E-state index in [0.717, 1.165) is 51.4 Å². The highest BCUT2D eigenvalue weighted by molar-refractivity contribution is 5.76. The normalized spacial score (nSPS) is 12.6. The molecule has 0 saturated carbocycles. The predicted molar refractivity (Wildman–Crippen MR) is 324 cm³/mol. The molecule has 0 aliphatic carbocycles. The summed E-state index contributed by atoms with van der Waals surface area (Å²) < 4.78 is 5.49. The van der Waals surface area contributed by atoms with Crippen molar-refractivity contribution in [3.05, 3.63) is 24.3 Å². The molecule has 6 nitrogen and oxygen atoms in total. The molecular weight excluding hydrogens is 911 g/mol. The van der Waals surface area contributed by atoms with Gasteiger partial charge in [0.15, 0.2) is 0 Å². The topological polar surface area (TPSA) is 95.9 Å². The van der Waals surface area contributed by atoms with Gasteiger partial charge < -0.3 is 20.3 Å². The number of hydrogen-bond acceptors (Lipinski definition) is 5. The van der Waals surface area contributed by atoms with Crippen molar-refractivity contribution in [3.8, 4) is 0 Å². The second-order valence-corrected chi connectivity index (χ2v) is 23.2. The summed E-state index contributed by atoms with van der Waals surface area (Å²) in [6.07, 6.45) is 79.3. The fourth-order valence-corrected chi connectivity index (χ4v) is 10.6. The number of nitrogens with one attached hydrogen (secondary N) is 1. The minimum atomic E-state index is -0.660. The van der Waals surface area contributed by atoms with E-state index in [2.05, 4.69) is 43.5 Å². The standard InChI is InChI=1S/C68H131NO5/c1-3-5-7-9-11-13-15-17-33-38-42-46-50-54-58-62-68(73)74-63-59-55-51-47-43-39-35-32-30-28-26-24-22-20-18-19-21-23-25-27-29-31-34-37-41-45-49-53-57-61-67(72)69-65(64-70)66(71)60-56-52-48-44-40-36-16-14-12-10-8-6-4-2/h11,13,17,33,65-66,70-71H,3-10,12,14-16,18-32,34-64H2,1-2H3,(H,69,72)/b13-11-,33-17-. The molecule has 0 aliphatic rings. The zero-order chi connectivity index (χ0) is 53.6. The molecule has 0 heterocycles. The first-order valence-electron chi connectivity index (χ1n) is 33.6. The van der Waals surface area contributed by atoms with Crippen LogP contribution < -0.4 is 5.32 Å². The maximum absolute atomic E-state index is 12.5. The summed E-state index contributed by atoms with van der Waals surface area (Å²) in [5, 5.41) is 23.3. The summed E-state index contributed by atoms with van der Waals surface area (Å²) in [5.41, 5.74) is 0. The van der Waals surface area contributed by atoms with Gasteiger partial charge >= 0.3 is 5.97 Å². The largest absolute Gasteiger partial charge is 0.466 e. The van der Waals surface area contributed by atoms with E-state index in [4.69, 9.17) is 4.74 Å². The van der Waals surface area contributed by atoms with Crippen LogP contribution >= 0.6 is 0 Å². The van der Waals surface area contributed by atoms with Crippen molar-refractivity contribution in [1.29, 1.82) is 0 Å². The SMILES string of the molecule is CCCCC/C=C\C/C=C\CCCCCCCC(=O)OCCCCCCCCCCCCCCCCCCCCCCCCCCCCCCCC(=O)NC(CO)C(O)CCCCCCCCCCCCCCC. The van der Waals surface area contributed by atoms with Crippen LogP contribution in [0.15, 0.2) is 24.3 Å². The van der Waals surface area contributed by atoms with Gasteiger partial charge in [-0.15, -0.1) is 0 Å². The molecule has 2 unspecified atom stereocenters. The van der Waals surface area contributed by atoms with Crippen LogP contribution in [0, 0.1) is 0 Å². The molecule has 0 spiro atoms. The average Bonchev–Trinajstić information content (AvgIpc) is 3.40. The van der Waals surface area contributed by atoms with Crippen LogP contribution in [0.1, 0.15) is 373 Å². The molecule has 0 saturated heterocycles. The fourth-order valence-electron chi connectivity index (χ4n) is 10.6. The highest BCUT2D eigenvalue weighted by atomic mass is 16.5. The van der Waals surface area contributed by atoms with E-state index in [1.807, 2.05) is 0 Å². The highest BCUT2D eigenvalue weighted by Crippen LogP contribution is 2.19. The van der Waals surface area contributed by atoms with E-state index in [0.29, 0.717) is 25.9 Å². The van der Waals surface area contributed by atoms with E-state index in [1.54, 1.807) is 0 Å². The molecule has 0 fully saturated rings. The number of allylic oxidation sites excluding steroid dienone is 4. The first-order chi connectivity index (χ1) is 36.5. The Kier molecular flexibility index (Phi) is 62.4. The van der Waals surface area contributed by atoms with Crippen LogP contribution in [0.25, 0.3) is 0 Å². The van der Waals surface area contributed by atoms with Crippen LogP contribution in [-0.2, 0) is 14.3 Å². The summed E-state index contributed by atoms with van der Waals surface area (Å²) in [5.74, 6) is -0.0239. The van der Waals surface area contributed by atoms with E-state index in [1.165, 1.54) is 289 Å². The zero-order valence-corrected chi connectivity index (χ0v) is 50.1. The highest BCUT2D eigenvalue weighted by Gasteiger charge is 2.20. The van der Waals surface area contributed by atoms with Gasteiger partial charge in [-0.25, -0.2) is 0 Å². The van der Waals surface area contributed by atoms with Crippen molar-refractivity contribution in [3.63, 3.8) is 0 Å². The number of amides is 1. The maximum atomic E-state index is 12.5. The Bertz CT molecular complexity index is 1150. The number of carbonyl (C=O) groups excluding carboxylic acids is 2. The Morgan fingerprint density at radius 2 is 0.676 bits per heavy atom. The van der Waals surface area contributed by atoms with Gasteiger partial charge in [-0.2, -0.15) is 0 Å². The van der Waals surface area contributed by atoms with Crippen molar-refractivity contribution in [2.45, 2.75) is 386 Å². The quantitative estimate of drug-likeness (QED) is 0.0320. The van der Waals surface area contributed by atoms with Crippen LogP contribution in [0.3, 0.4) is 0 Å². The lowest BCUT2D eigenvalue weighted by atomic mass is 10.0. The van der Waals surface area contributed by atoms with Crippen molar-refractivity contribution in [2.75, 3.05) is 13.2 Å². The molecule has 0 rings (SSSR count). The lowest BCUT2D eigenvalue weighted by Gasteiger charge is -2.22. The third-order valence-electron chi connectivity index (χ3n) is 15.8. The van der Waals surface area contributed by atoms with Crippen LogP contribution in [0.5, 0.6) is 0 Å². The number of unbranched alkanes of at least 4 members (excludes halogenated alkanes) is 48. The second kappa shape index (κ2) is 63.9. The summed E-state index contributed by atoms with van der Waals surface area (Å²) in [6, 6.07) is -0.537. The predicted octanol–water partition coefficient (Wildman–Crippen LogP) is 21.4. The Balaban J connectivity index is 3.32. The first-order valence-corrected chi connectivity index (χ1v) is 33.6. The molecule has 0 aromatic rings. The van der Waals surface area contributed by atoms with Crippen molar-refractivity contribution in [1.82, 2.24) is 5.32 Å². The number of aliphatic hydroxyl groups excluding tert-OH is 2. The molecule has 0 bridgehead atoms. The van der Waals surface area contributed by atoms with Gasteiger partial charge in [0.2, 0.25) is 5.91 Å². The number of hydrogen-bond donors (Lipinski definition) is 3. The van der Waals surface area contributed by atoms with E-state index in [-0.39, 0.29) is 18.5 Å². The summed E-state index contributed by atoms with van der Waals surface area (Å²) in [7, 11) is 0. The number of ether oxygens (including phenoxy) is 1. The number of carbonyl (C=O) groups is 2. The third kappa shape index (κ3) is 59.6. The fraction of sp³-hybridized carbons (Fsp3) is 0.912. The molecule has 3 N–H and O–H groups in total. The van der Waals surface area contributed by atoms with Crippen LogP contribution in [0.4, 0.5) is 0 Å². The molecule has 0 aliphatic heterocycles. The van der Waals surface area contributed by atoms with E-state index >= 15 is 0 Å². The molecule has 2 atom stereocenters. The molecule has 0 radical (unpaired) electrons. The summed E-state index contributed by atoms with van der Waals surface area (Å²) >= 11 is 0. The second-order valence-electron chi connectivity index (χ2n) is 23.2. The van der Waals surface area contributed by atoms with Gasteiger partial charge in [-0.05, 0) is 57.8 Å². The number of aliphatic hydroxyl groups is 2. The molecule has 6 heteroatoms. The minimum absolute atomic E-state index is 0.00585.